The third-order valence-electron chi connectivity index (χ3n) is 3.68. The van der Waals surface area contributed by atoms with Gasteiger partial charge in [-0.2, -0.15) is 0 Å². The minimum Gasteiger partial charge on any atom is -0.368 e. The lowest BCUT2D eigenvalue weighted by Gasteiger charge is -2.29. The van der Waals surface area contributed by atoms with E-state index in [4.69, 9.17) is 5.73 Å². The van der Waals surface area contributed by atoms with Gasteiger partial charge in [-0.05, 0) is 38.8 Å². The van der Waals surface area contributed by atoms with Crippen LogP contribution in [0.15, 0.2) is 18.3 Å². The fraction of sp³-hybridized carbons (Fsp3) is 0.643. The summed E-state index contributed by atoms with van der Waals surface area (Å²) in [5, 5.41) is 0. The Hall–Kier alpha value is -1.09. The number of pyridine rings is 1. The van der Waals surface area contributed by atoms with Crippen LogP contribution in [0.4, 0.5) is 5.69 Å². The van der Waals surface area contributed by atoms with Crippen LogP contribution in [0, 0.1) is 0 Å². The van der Waals surface area contributed by atoms with Crippen LogP contribution >= 0.6 is 0 Å². The fourth-order valence-corrected chi connectivity index (χ4v) is 2.70. The minimum atomic E-state index is 0.0191. The molecule has 0 spiro atoms. The molecule has 1 fully saturated rings. The molecule has 1 aromatic heterocycles. The van der Waals surface area contributed by atoms with Gasteiger partial charge in [0.05, 0.1) is 17.6 Å². The highest BCUT2D eigenvalue weighted by Crippen LogP contribution is 2.27. The topological polar surface area (TPSA) is 42.1 Å². The molecule has 1 aliphatic rings. The smallest absolute Gasteiger partial charge is 0.0569 e. The fourth-order valence-electron chi connectivity index (χ4n) is 2.70. The molecule has 1 atom stereocenters. The molecular weight excluding hydrogens is 210 g/mol. The van der Waals surface area contributed by atoms with E-state index in [2.05, 4.69) is 28.9 Å². The second-order valence-electron chi connectivity index (χ2n) is 4.95. The summed E-state index contributed by atoms with van der Waals surface area (Å²) >= 11 is 0. The highest BCUT2D eigenvalue weighted by atomic mass is 15.2. The van der Waals surface area contributed by atoms with Crippen LogP contribution in [0.5, 0.6) is 0 Å². The van der Waals surface area contributed by atoms with E-state index in [1.165, 1.54) is 31.4 Å². The number of hydrogen-bond donors (Lipinski definition) is 1. The van der Waals surface area contributed by atoms with Crippen molar-refractivity contribution in [3.8, 4) is 0 Å². The molecule has 0 aromatic carbocycles. The van der Waals surface area contributed by atoms with Gasteiger partial charge in [-0.3, -0.25) is 4.98 Å². The summed E-state index contributed by atoms with van der Waals surface area (Å²) in [6, 6.07) is 4.94. The van der Waals surface area contributed by atoms with Crippen molar-refractivity contribution in [2.45, 2.75) is 51.6 Å². The van der Waals surface area contributed by atoms with Crippen molar-refractivity contribution in [1.29, 1.82) is 0 Å². The summed E-state index contributed by atoms with van der Waals surface area (Å²) in [6.45, 7) is 5.25. The van der Waals surface area contributed by atoms with Gasteiger partial charge >= 0.3 is 0 Å². The predicted octanol–water partition coefficient (Wildman–Crippen LogP) is 2.87. The SMILES string of the molecule is CCN(c1ccc(C(C)N)nc1)C1CCCC1. The summed E-state index contributed by atoms with van der Waals surface area (Å²) in [5.74, 6) is 0. The third kappa shape index (κ3) is 2.78. The van der Waals surface area contributed by atoms with E-state index in [1.807, 2.05) is 13.1 Å². The van der Waals surface area contributed by atoms with Crippen molar-refractivity contribution in [3.05, 3.63) is 24.0 Å². The van der Waals surface area contributed by atoms with Gasteiger partial charge in [0.15, 0.2) is 0 Å². The molecule has 3 nitrogen and oxygen atoms in total. The van der Waals surface area contributed by atoms with Gasteiger partial charge in [-0.25, -0.2) is 0 Å². The van der Waals surface area contributed by atoms with Crippen LogP contribution < -0.4 is 10.6 Å². The third-order valence-corrected chi connectivity index (χ3v) is 3.68. The van der Waals surface area contributed by atoms with E-state index in [9.17, 15) is 0 Å². The summed E-state index contributed by atoms with van der Waals surface area (Å²) in [6.07, 6.45) is 7.35. The first-order valence-corrected chi connectivity index (χ1v) is 6.70. The number of rotatable bonds is 4. The molecule has 1 aliphatic carbocycles. The molecule has 2 rings (SSSR count). The van der Waals surface area contributed by atoms with E-state index in [-0.39, 0.29) is 6.04 Å². The van der Waals surface area contributed by atoms with Crippen LogP contribution in [-0.2, 0) is 0 Å². The molecule has 0 radical (unpaired) electrons. The van der Waals surface area contributed by atoms with Gasteiger partial charge in [0.25, 0.3) is 0 Å². The van der Waals surface area contributed by atoms with Gasteiger partial charge in [-0.15, -0.1) is 0 Å². The number of hydrogen-bond acceptors (Lipinski definition) is 3. The van der Waals surface area contributed by atoms with Crippen LogP contribution in [0.2, 0.25) is 0 Å². The largest absolute Gasteiger partial charge is 0.368 e. The van der Waals surface area contributed by atoms with E-state index in [1.54, 1.807) is 0 Å². The van der Waals surface area contributed by atoms with Crippen LogP contribution in [0.25, 0.3) is 0 Å². The number of nitrogens with zero attached hydrogens (tertiary/aromatic N) is 2. The van der Waals surface area contributed by atoms with E-state index in [0.717, 1.165) is 12.2 Å². The zero-order valence-electron chi connectivity index (χ0n) is 10.9. The number of nitrogens with two attached hydrogens (primary N) is 1. The molecule has 17 heavy (non-hydrogen) atoms. The normalized spacial score (nSPS) is 18.3. The maximum Gasteiger partial charge on any atom is 0.0569 e. The van der Waals surface area contributed by atoms with Crippen molar-refractivity contribution in [1.82, 2.24) is 4.98 Å². The van der Waals surface area contributed by atoms with E-state index >= 15 is 0 Å². The molecule has 3 heteroatoms. The van der Waals surface area contributed by atoms with E-state index < -0.39 is 0 Å². The van der Waals surface area contributed by atoms with Crippen LogP contribution in [0.1, 0.15) is 51.3 Å². The first-order chi connectivity index (χ1) is 8.22. The molecule has 1 heterocycles. The molecule has 0 saturated heterocycles. The monoisotopic (exact) mass is 233 g/mol. The van der Waals surface area contributed by atoms with Gasteiger partial charge in [0.1, 0.15) is 0 Å². The Labute approximate surface area is 104 Å². The lowest BCUT2D eigenvalue weighted by atomic mass is 10.1. The second-order valence-corrected chi connectivity index (χ2v) is 4.95. The molecule has 0 amide bonds. The lowest BCUT2D eigenvalue weighted by Crippen LogP contribution is -2.33. The average molecular weight is 233 g/mol. The van der Waals surface area contributed by atoms with Gasteiger partial charge in [0, 0.05) is 18.6 Å². The minimum absolute atomic E-state index is 0.0191. The number of aromatic nitrogens is 1. The molecule has 0 bridgehead atoms. The Balaban J connectivity index is 2.13. The zero-order valence-corrected chi connectivity index (χ0v) is 10.9. The average Bonchev–Trinajstić information content (AvgIpc) is 2.84. The van der Waals surface area contributed by atoms with Crippen molar-refractivity contribution in [2.75, 3.05) is 11.4 Å². The van der Waals surface area contributed by atoms with Crippen LogP contribution in [-0.4, -0.2) is 17.6 Å². The van der Waals surface area contributed by atoms with Gasteiger partial charge < -0.3 is 10.6 Å². The van der Waals surface area contributed by atoms with E-state index in [0.29, 0.717) is 6.04 Å². The Kier molecular flexibility index (Phi) is 4.00. The molecule has 1 aromatic rings. The lowest BCUT2D eigenvalue weighted by molar-refractivity contribution is 0.618. The van der Waals surface area contributed by atoms with Crippen molar-refractivity contribution < 1.29 is 0 Å². The summed E-state index contributed by atoms with van der Waals surface area (Å²) in [7, 11) is 0. The van der Waals surface area contributed by atoms with Gasteiger partial charge in [-0.1, -0.05) is 12.8 Å². The number of anilines is 1. The molecule has 2 N–H and O–H groups in total. The Morgan fingerprint density at radius 3 is 2.59 bits per heavy atom. The quantitative estimate of drug-likeness (QED) is 0.869. The predicted molar refractivity (Wildman–Crippen MR) is 72.1 cm³/mol. The Morgan fingerprint density at radius 2 is 2.12 bits per heavy atom. The Morgan fingerprint density at radius 1 is 1.41 bits per heavy atom. The first-order valence-electron chi connectivity index (χ1n) is 6.70. The molecular formula is C14H23N3. The van der Waals surface area contributed by atoms with Crippen molar-refractivity contribution in [2.24, 2.45) is 5.73 Å². The molecule has 1 unspecified atom stereocenters. The highest BCUT2D eigenvalue weighted by molar-refractivity contribution is 5.46. The Bertz CT molecular complexity index is 339. The van der Waals surface area contributed by atoms with Gasteiger partial charge in [0.2, 0.25) is 0 Å². The molecule has 0 aliphatic heterocycles. The zero-order chi connectivity index (χ0) is 12.3. The highest BCUT2D eigenvalue weighted by Gasteiger charge is 2.21. The summed E-state index contributed by atoms with van der Waals surface area (Å²) in [5.41, 5.74) is 8.03. The second kappa shape index (κ2) is 5.50. The maximum absolute atomic E-state index is 5.82. The first kappa shape index (κ1) is 12.4. The van der Waals surface area contributed by atoms with Crippen molar-refractivity contribution >= 4 is 5.69 Å². The standard InChI is InChI=1S/C14H23N3/c1-3-17(12-6-4-5-7-12)13-8-9-14(11(2)15)16-10-13/h8-12H,3-7,15H2,1-2H3. The van der Waals surface area contributed by atoms with Crippen LogP contribution in [0.3, 0.4) is 0 Å². The summed E-state index contributed by atoms with van der Waals surface area (Å²) in [4.78, 5) is 6.93. The van der Waals surface area contributed by atoms with Crippen molar-refractivity contribution in [3.63, 3.8) is 0 Å². The maximum atomic E-state index is 5.82. The summed E-state index contributed by atoms with van der Waals surface area (Å²) < 4.78 is 0. The molecule has 94 valence electrons. The molecule has 1 saturated carbocycles.